The normalized spacial score (nSPS) is 10.5. The summed E-state index contributed by atoms with van der Waals surface area (Å²) in [5.74, 6) is 0.972. The summed E-state index contributed by atoms with van der Waals surface area (Å²) in [4.78, 5) is 15.6. The Morgan fingerprint density at radius 2 is 2.18 bits per heavy atom. The maximum atomic E-state index is 11.5. The highest BCUT2D eigenvalue weighted by molar-refractivity contribution is 5.91. The number of nitrogens with one attached hydrogen (secondary N) is 1. The number of hydrogen-bond acceptors (Lipinski definition) is 6. The third-order valence-corrected chi connectivity index (χ3v) is 2.05. The molecule has 0 aromatic carbocycles. The van der Waals surface area contributed by atoms with Crippen LogP contribution in [-0.4, -0.2) is 27.7 Å². The van der Waals surface area contributed by atoms with Crippen molar-refractivity contribution in [2.75, 3.05) is 6.54 Å². The summed E-state index contributed by atoms with van der Waals surface area (Å²) in [6, 6.07) is 1.58. The smallest absolute Gasteiger partial charge is 0.289 e. The molecular weight excluding hydrogens is 224 g/mol. The Morgan fingerprint density at radius 1 is 1.35 bits per heavy atom. The lowest BCUT2D eigenvalue weighted by molar-refractivity contribution is 0.0916. The quantitative estimate of drug-likeness (QED) is 0.837. The number of aromatic nitrogens is 3. The molecule has 2 aromatic heterocycles. The fraction of sp³-hybridized carbons (Fsp3) is 0.400. The van der Waals surface area contributed by atoms with E-state index in [1.807, 2.05) is 0 Å². The summed E-state index contributed by atoms with van der Waals surface area (Å²) in [5.41, 5.74) is 0.669. The van der Waals surface area contributed by atoms with Gasteiger partial charge in [0.2, 0.25) is 11.7 Å². The van der Waals surface area contributed by atoms with Gasteiger partial charge in [-0.25, -0.2) is 0 Å². The van der Waals surface area contributed by atoms with Crippen LogP contribution in [0.5, 0.6) is 0 Å². The minimum Gasteiger partial charge on any atom is -0.351 e. The highest BCUT2D eigenvalue weighted by Crippen LogP contribution is 2.01. The van der Waals surface area contributed by atoms with Crippen LogP contribution in [-0.2, 0) is 6.42 Å². The van der Waals surface area contributed by atoms with Crippen molar-refractivity contribution in [2.45, 2.75) is 20.3 Å². The van der Waals surface area contributed by atoms with E-state index < -0.39 is 0 Å². The summed E-state index contributed by atoms with van der Waals surface area (Å²) in [7, 11) is 0. The molecule has 2 rings (SSSR count). The average Bonchev–Trinajstić information content (AvgIpc) is 2.88. The van der Waals surface area contributed by atoms with Crippen LogP contribution in [0, 0.1) is 13.8 Å². The number of aryl methyl sites for hydroxylation is 2. The third-order valence-electron chi connectivity index (χ3n) is 2.05. The molecule has 2 heterocycles. The zero-order valence-electron chi connectivity index (χ0n) is 9.56. The largest absolute Gasteiger partial charge is 0.351 e. The third kappa shape index (κ3) is 2.90. The summed E-state index contributed by atoms with van der Waals surface area (Å²) in [6.45, 7) is 3.89. The number of carbonyl (C=O) groups excluding carboxylic acids is 1. The Kier molecular flexibility index (Phi) is 3.17. The Hall–Kier alpha value is -2.18. The van der Waals surface area contributed by atoms with Crippen LogP contribution in [0.2, 0.25) is 0 Å². The minimum absolute atomic E-state index is 0.198. The van der Waals surface area contributed by atoms with E-state index in [1.165, 1.54) is 0 Å². The molecule has 0 aliphatic carbocycles. The fourth-order valence-electron chi connectivity index (χ4n) is 1.28. The highest BCUT2D eigenvalue weighted by atomic mass is 16.5. The molecule has 17 heavy (non-hydrogen) atoms. The molecule has 1 N–H and O–H groups in total. The molecule has 0 radical (unpaired) electrons. The van der Waals surface area contributed by atoms with E-state index in [0.29, 0.717) is 30.4 Å². The van der Waals surface area contributed by atoms with Gasteiger partial charge in [0.15, 0.2) is 5.82 Å². The van der Waals surface area contributed by atoms with Gasteiger partial charge in [-0.2, -0.15) is 4.98 Å². The summed E-state index contributed by atoms with van der Waals surface area (Å²) in [5, 5.41) is 9.95. The zero-order chi connectivity index (χ0) is 12.3. The van der Waals surface area contributed by atoms with Gasteiger partial charge in [0.25, 0.3) is 5.91 Å². The van der Waals surface area contributed by atoms with Crippen LogP contribution in [0.1, 0.15) is 28.0 Å². The second-order valence-corrected chi connectivity index (χ2v) is 3.57. The van der Waals surface area contributed by atoms with Crippen molar-refractivity contribution in [3.05, 3.63) is 29.2 Å². The number of hydrogen-bond donors (Lipinski definition) is 1. The topological polar surface area (TPSA) is 94.1 Å². The van der Waals surface area contributed by atoms with E-state index in [4.69, 9.17) is 9.05 Å². The Bertz CT molecular complexity index is 517. The van der Waals surface area contributed by atoms with Crippen LogP contribution >= 0.6 is 0 Å². The molecule has 1 amide bonds. The maximum absolute atomic E-state index is 11.5. The van der Waals surface area contributed by atoms with E-state index in [1.54, 1.807) is 19.9 Å². The molecule has 0 saturated carbocycles. The first-order valence-electron chi connectivity index (χ1n) is 5.16. The average molecular weight is 236 g/mol. The van der Waals surface area contributed by atoms with E-state index >= 15 is 0 Å². The molecule has 2 aromatic rings. The molecule has 7 nitrogen and oxygen atoms in total. The predicted molar refractivity (Wildman–Crippen MR) is 56.3 cm³/mol. The van der Waals surface area contributed by atoms with Gasteiger partial charge in [0, 0.05) is 19.0 Å². The fourth-order valence-corrected chi connectivity index (χ4v) is 1.28. The van der Waals surface area contributed by atoms with E-state index in [9.17, 15) is 4.79 Å². The Labute approximate surface area is 97.2 Å². The lowest BCUT2D eigenvalue weighted by Crippen LogP contribution is -2.25. The second-order valence-electron chi connectivity index (χ2n) is 3.57. The minimum atomic E-state index is -0.304. The van der Waals surface area contributed by atoms with Gasteiger partial charge in [-0.1, -0.05) is 10.3 Å². The van der Waals surface area contributed by atoms with Crippen molar-refractivity contribution in [1.82, 2.24) is 20.6 Å². The summed E-state index contributed by atoms with van der Waals surface area (Å²) >= 11 is 0. The SMILES string of the molecule is Cc1cc(C(=O)NCCc2nc(C)no2)on1. The molecule has 0 saturated heterocycles. The summed E-state index contributed by atoms with van der Waals surface area (Å²) < 4.78 is 9.73. The van der Waals surface area contributed by atoms with Crippen LogP contribution in [0.15, 0.2) is 15.1 Å². The molecule has 90 valence electrons. The second kappa shape index (κ2) is 4.77. The van der Waals surface area contributed by atoms with Crippen LogP contribution < -0.4 is 5.32 Å². The van der Waals surface area contributed by atoms with Crippen LogP contribution in [0.25, 0.3) is 0 Å². The first-order valence-corrected chi connectivity index (χ1v) is 5.16. The van der Waals surface area contributed by atoms with Gasteiger partial charge in [0.05, 0.1) is 5.69 Å². The monoisotopic (exact) mass is 236 g/mol. The number of rotatable bonds is 4. The number of carbonyl (C=O) groups is 1. The van der Waals surface area contributed by atoms with Crippen molar-refractivity contribution in [3.8, 4) is 0 Å². The predicted octanol–water partition coefficient (Wildman–Crippen LogP) is 0.647. The Balaban J connectivity index is 1.81. The molecule has 0 bridgehead atoms. The van der Waals surface area contributed by atoms with Crippen molar-refractivity contribution in [3.63, 3.8) is 0 Å². The van der Waals surface area contributed by atoms with Gasteiger partial charge in [-0.15, -0.1) is 0 Å². The van der Waals surface area contributed by atoms with Crippen molar-refractivity contribution >= 4 is 5.91 Å². The first-order chi connectivity index (χ1) is 8.15. The van der Waals surface area contributed by atoms with Gasteiger partial charge in [-0.3, -0.25) is 4.79 Å². The summed E-state index contributed by atoms with van der Waals surface area (Å²) in [6.07, 6.45) is 0.486. The lowest BCUT2D eigenvalue weighted by Gasteiger charge is -1.98. The molecular formula is C10H12N4O3. The zero-order valence-corrected chi connectivity index (χ0v) is 9.56. The van der Waals surface area contributed by atoms with Gasteiger partial charge < -0.3 is 14.4 Å². The molecule has 0 spiro atoms. The van der Waals surface area contributed by atoms with E-state index in [-0.39, 0.29) is 11.7 Å². The van der Waals surface area contributed by atoms with E-state index in [0.717, 1.165) is 0 Å². The molecule has 0 unspecified atom stereocenters. The van der Waals surface area contributed by atoms with Gasteiger partial charge >= 0.3 is 0 Å². The first kappa shape index (κ1) is 11.3. The number of nitrogens with zero attached hydrogens (tertiary/aromatic N) is 3. The molecule has 7 heteroatoms. The van der Waals surface area contributed by atoms with Crippen LogP contribution in [0.4, 0.5) is 0 Å². The standard InChI is InChI=1S/C10H12N4O3/c1-6-5-8(16-13-6)10(15)11-4-3-9-12-7(2)14-17-9/h5H,3-4H2,1-2H3,(H,11,15). The van der Waals surface area contributed by atoms with Gasteiger partial charge in [0.1, 0.15) is 0 Å². The Morgan fingerprint density at radius 3 is 2.76 bits per heavy atom. The highest BCUT2D eigenvalue weighted by Gasteiger charge is 2.11. The van der Waals surface area contributed by atoms with Crippen molar-refractivity contribution < 1.29 is 13.8 Å². The lowest BCUT2D eigenvalue weighted by atomic mass is 10.3. The van der Waals surface area contributed by atoms with Crippen molar-refractivity contribution in [2.24, 2.45) is 0 Å². The molecule has 0 aliphatic heterocycles. The number of amides is 1. The van der Waals surface area contributed by atoms with Crippen LogP contribution in [0.3, 0.4) is 0 Å². The van der Waals surface area contributed by atoms with Crippen molar-refractivity contribution in [1.29, 1.82) is 0 Å². The molecule has 0 fully saturated rings. The van der Waals surface area contributed by atoms with E-state index in [2.05, 4.69) is 20.6 Å². The molecule has 0 aliphatic rings. The molecule has 0 atom stereocenters. The maximum Gasteiger partial charge on any atom is 0.289 e. The van der Waals surface area contributed by atoms with Gasteiger partial charge in [-0.05, 0) is 13.8 Å².